The predicted octanol–water partition coefficient (Wildman–Crippen LogP) is 2.35. The first kappa shape index (κ1) is 19.6. The highest BCUT2D eigenvalue weighted by molar-refractivity contribution is 6.02. The number of allylic oxidation sites excluding steroid dienone is 1. The number of aliphatic imine (C=N–C) groups is 2. The Morgan fingerprint density at radius 3 is 2.05 bits per heavy atom. The SMILES string of the molecule is CC(C)(C)OC(=O)\N=C(/N=C/C=C\N)NC(=O)OC(C)(C)C. The molecule has 0 atom stereocenters. The van der Waals surface area contributed by atoms with Crippen LogP contribution in [0.1, 0.15) is 41.5 Å². The second-order valence-corrected chi connectivity index (χ2v) is 6.21. The minimum absolute atomic E-state index is 0.262. The molecule has 8 nitrogen and oxygen atoms in total. The van der Waals surface area contributed by atoms with Crippen molar-refractivity contribution in [3.63, 3.8) is 0 Å². The summed E-state index contributed by atoms with van der Waals surface area (Å²) >= 11 is 0. The van der Waals surface area contributed by atoms with Gasteiger partial charge < -0.3 is 15.2 Å². The van der Waals surface area contributed by atoms with Crippen LogP contribution in [-0.4, -0.2) is 35.6 Å². The first-order valence-electron chi connectivity index (χ1n) is 6.65. The van der Waals surface area contributed by atoms with Crippen LogP contribution in [0.2, 0.25) is 0 Å². The normalized spacial score (nSPS) is 13.5. The minimum atomic E-state index is -0.882. The van der Waals surface area contributed by atoms with Gasteiger partial charge >= 0.3 is 12.2 Å². The van der Waals surface area contributed by atoms with E-state index >= 15 is 0 Å². The number of hydrogen-bond acceptors (Lipinski definition) is 5. The maximum atomic E-state index is 11.7. The van der Waals surface area contributed by atoms with Crippen molar-refractivity contribution in [2.75, 3.05) is 0 Å². The summed E-state index contributed by atoms with van der Waals surface area (Å²) in [6.45, 7) is 10.2. The van der Waals surface area contributed by atoms with Crippen LogP contribution in [0, 0.1) is 0 Å². The number of carbonyl (C=O) groups excluding carboxylic acids is 2. The molecule has 0 unspecified atom stereocenters. The molecule has 0 heterocycles. The van der Waals surface area contributed by atoms with Crippen molar-refractivity contribution in [3.8, 4) is 0 Å². The van der Waals surface area contributed by atoms with E-state index in [0.29, 0.717) is 0 Å². The van der Waals surface area contributed by atoms with Crippen molar-refractivity contribution in [3.05, 3.63) is 12.3 Å². The van der Waals surface area contributed by atoms with Crippen LogP contribution >= 0.6 is 0 Å². The first-order chi connectivity index (χ1) is 9.93. The molecule has 0 fully saturated rings. The van der Waals surface area contributed by atoms with Crippen LogP contribution in [0.15, 0.2) is 22.3 Å². The highest BCUT2D eigenvalue weighted by Crippen LogP contribution is 2.09. The summed E-state index contributed by atoms with van der Waals surface area (Å²) in [5, 5.41) is 2.26. The van der Waals surface area contributed by atoms with Gasteiger partial charge in [0.15, 0.2) is 0 Å². The molecule has 2 amide bonds. The van der Waals surface area contributed by atoms with E-state index in [1.165, 1.54) is 18.5 Å². The van der Waals surface area contributed by atoms with E-state index in [0.717, 1.165) is 0 Å². The third-order valence-corrected chi connectivity index (χ3v) is 1.60. The predicted molar refractivity (Wildman–Crippen MR) is 84.9 cm³/mol. The largest absolute Gasteiger partial charge is 0.444 e. The van der Waals surface area contributed by atoms with E-state index in [2.05, 4.69) is 15.3 Å². The summed E-state index contributed by atoms with van der Waals surface area (Å²) < 4.78 is 10.1. The molecule has 0 radical (unpaired) electrons. The number of amides is 2. The molecular formula is C14H24N4O4. The van der Waals surface area contributed by atoms with Crippen LogP contribution < -0.4 is 11.1 Å². The molecule has 0 aromatic rings. The molecule has 124 valence electrons. The third kappa shape index (κ3) is 11.4. The van der Waals surface area contributed by atoms with Crippen molar-refractivity contribution < 1.29 is 19.1 Å². The van der Waals surface area contributed by atoms with Crippen molar-refractivity contribution in [1.82, 2.24) is 5.32 Å². The summed E-state index contributed by atoms with van der Waals surface area (Å²) in [7, 11) is 0. The highest BCUT2D eigenvalue weighted by atomic mass is 16.6. The molecule has 0 aromatic heterocycles. The summed E-state index contributed by atoms with van der Waals surface area (Å²) in [6, 6.07) is 0. The van der Waals surface area contributed by atoms with E-state index < -0.39 is 23.4 Å². The Bertz CT molecular complexity index is 482. The summed E-state index contributed by atoms with van der Waals surface area (Å²) in [6.07, 6.45) is 2.24. The smallest absolute Gasteiger partial charge is 0.437 e. The third-order valence-electron chi connectivity index (χ3n) is 1.60. The number of nitrogens with zero attached hydrogens (tertiary/aromatic N) is 2. The second-order valence-electron chi connectivity index (χ2n) is 6.21. The quantitative estimate of drug-likeness (QED) is 0.569. The van der Waals surface area contributed by atoms with Crippen LogP contribution in [0.5, 0.6) is 0 Å². The molecular weight excluding hydrogens is 288 g/mol. The lowest BCUT2D eigenvalue weighted by molar-refractivity contribution is 0.0562. The fourth-order valence-corrected chi connectivity index (χ4v) is 1.02. The van der Waals surface area contributed by atoms with E-state index in [-0.39, 0.29) is 5.96 Å². The molecule has 0 aromatic carbocycles. The fourth-order valence-electron chi connectivity index (χ4n) is 1.02. The number of nitrogens with one attached hydrogen (secondary N) is 1. The van der Waals surface area contributed by atoms with Gasteiger partial charge in [0.2, 0.25) is 5.96 Å². The van der Waals surface area contributed by atoms with Crippen molar-refractivity contribution in [1.29, 1.82) is 0 Å². The average Bonchev–Trinajstić information content (AvgIpc) is 2.23. The molecule has 0 bridgehead atoms. The van der Waals surface area contributed by atoms with E-state index in [4.69, 9.17) is 15.2 Å². The lowest BCUT2D eigenvalue weighted by Crippen LogP contribution is -2.36. The van der Waals surface area contributed by atoms with Crippen LogP contribution in [0.4, 0.5) is 9.59 Å². The Labute approximate surface area is 130 Å². The molecule has 0 saturated heterocycles. The van der Waals surface area contributed by atoms with Gasteiger partial charge in [0.05, 0.1) is 0 Å². The monoisotopic (exact) mass is 312 g/mol. The standard InChI is InChI=1S/C14H24N4O4/c1-13(2,3)21-11(19)17-10(16-9-7-8-15)18-12(20)22-14(4,5)6/h7-9H,15H2,1-6H3,(H,17,18,19,20)/b8-7-,16-9+. The maximum absolute atomic E-state index is 11.7. The first-order valence-corrected chi connectivity index (χ1v) is 6.65. The molecule has 22 heavy (non-hydrogen) atoms. The topological polar surface area (TPSA) is 115 Å². The molecule has 0 saturated carbocycles. The van der Waals surface area contributed by atoms with Crippen molar-refractivity contribution >= 4 is 24.4 Å². The molecule has 0 aliphatic carbocycles. The maximum Gasteiger partial charge on any atom is 0.437 e. The number of hydrogen-bond donors (Lipinski definition) is 2. The zero-order valence-corrected chi connectivity index (χ0v) is 13.8. The lowest BCUT2D eigenvalue weighted by Gasteiger charge is -2.19. The molecule has 0 rings (SSSR count). The molecule has 3 N–H and O–H groups in total. The van der Waals surface area contributed by atoms with Gasteiger partial charge in [-0.15, -0.1) is 4.99 Å². The Morgan fingerprint density at radius 1 is 1.05 bits per heavy atom. The molecule has 0 aliphatic heterocycles. The molecule has 0 aliphatic rings. The van der Waals surface area contributed by atoms with Crippen molar-refractivity contribution in [2.24, 2.45) is 15.7 Å². The van der Waals surface area contributed by atoms with Gasteiger partial charge in [-0.1, -0.05) is 0 Å². The molecule has 8 heteroatoms. The van der Waals surface area contributed by atoms with Crippen LogP contribution in [0.25, 0.3) is 0 Å². The fraction of sp³-hybridized carbons (Fsp3) is 0.571. The minimum Gasteiger partial charge on any atom is -0.444 e. The summed E-state index contributed by atoms with van der Waals surface area (Å²) in [4.78, 5) is 30.7. The molecule has 0 spiro atoms. The van der Waals surface area contributed by atoms with Gasteiger partial charge in [0.1, 0.15) is 11.2 Å². The number of rotatable bonds is 1. The number of ether oxygens (including phenoxy) is 2. The summed E-state index contributed by atoms with van der Waals surface area (Å²) in [5.41, 5.74) is 3.77. The zero-order valence-electron chi connectivity index (χ0n) is 13.8. The van der Waals surface area contributed by atoms with Crippen molar-refractivity contribution in [2.45, 2.75) is 52.7 Å². The Morgan fingerprint density at radius 2 is 1.59 bits per heavy atom. The van der Waals surface area contributed by atoms with E-state index in [9.17, 15) is 9.59 Å². The Kier molecular flexibility index (Phi) is 7.28. The summed E-state index contributed by atoms with van der Waals surface area (Å²) in [5.74, 6) is -0.262. The second kappa shape index (κ2) is 8.16. The number of carbonyl (C=O) groups is 2. The lowest BCUT2D eigenvalue weighted by atomic mass is 10.2. The van der Waals surface area contributed by atoms with Gasteiger partial charge in [-0.3, -0.25) is 5.32 Å². The number of guanidine groups is 1. The Hall–Kier alpha value is -2.38. The van der Waals surface area contributed by atoms with Crippen LogP contribution in [-0.2, 0) is 9.47 Å². The average molecular weight is 312 g/mol. The van der Waals surface area contributed by atoms with Gasteiger partial charge in [-0.2, -0.15) is 0 Å². The van der Waals surface area contributed by atoms with Gasteiger partial charge in [0.25, 0.3) is 0 Å². The Balaban J connectivity index is 5.05. The van der Waals surface area contributed by atoms with Gasteiger partial charge in [0, 0.05) is 6.21 Å². The van der Waals surface area contributed by atoms with Gasteiger partial charge in [-0.05, 0) is 53.8 Å². The highest BCUT2D eigenvalue weighted by Gasteiger charge is 2.19. The van der Waals surface area contributed by atoms with Crippen LogP contribution in [0.3, 0.4) is 0 Å². The number of alkyl carbamates (subject to hydrolysis) is 1. The number of nitrogens with two attached hydrogens (primary N) is 1. The van der Waals surface area contributed by atoms with E-state index in [1.54, 1.807) is 41.5 Å². The zero-order chi connectivity index (χ0) is 17.4. The van der Waals surface area contributed by atoms with Gasteiger partial charge in [-0.25, -0.2) is 14.6 Å². The van der Waals surface area contributed by atoms with E-state index in [1.807, 2.05) is 0 Å².